The quantitative estimate of drug-likeness (QED) is 0.870. The SMILES string of the molecule is CN(C)[C@H]1CC[C@H](Oc2ncnc3sc4c(c23)[C@@H](CC(N)=O)CC4)CC1. The predicted molar refractivity (Wildman–Crippen MR) is 103 cm³/mol. The summed E-state index contributed by atoms with van der Waals surface area (Å²) in [7, 11) is 4.29. The number of ether oxygens (including phenoxy) is 1. The summed E-state index contributed by atoms with van der Waals surface area (Å²) in [6.07, 6.45) is 8.55. The highest BCUT2D eigenvalue weighted by Gasteiger charge is 2.32. The van der Waals surface area contributed by atoms with Gasteiger partial charge in [-0.1, -0.05) is 0 Å². The van der Waals surface area contributed by atoms with Crippen molar-refractivity contribution in [3.05, 3.63) is 16.8 Å². The third-order valence-corrected chi connectivity index (χ3v) is 6.97. The minimum Gasteiger partial charge on any atom is -0.474 e. The molecule has 4 rings (SSSR count). The third kappa shape index (κ3) is 3.30. The van der Waals surface area contributed by atoms with Gasteiger partial charge in [0.05, 0.1) is 5.39 Å². The van der Waals surface area contributed by atoms with Crippen LogP contribution in [0.1, 0.15) is 54.9 Å². The molecule has 26 heavy (non-hydrogen) atoms. The Labute approximate surface area is 157 Å². The molecule has 0 unspecified atom stereocenters. The van der Waals surface area contributed by atoms with Gasteiger partial charge in [0.15, 0.2) is 0 Å². The molecule has 1 fully saturated rings. The van der Waals surface area contributed by atoms with Crippen molar-refractivity contribution in [3.8, 4) is 5.88 Å². The summed E-state index contributed by atoms with van der Waals surface area (Å²) in [5.74, 6) is 0.620. The lowest BCUT2D eigenvalue weighted by atomic mass is 9.92. The van der Waals surface area contributed by atoms with Gasteiger partial charge in [-0.25, -0.2) is 9.97 Å². The summed E-state index contributed by atoms with van der Waals surface area (Å²) in [6, 6.07) is 0.644. The van der Waals surface area contributed by atoms with E-state index in [-0.39, 0.29) is 17.9 Å². The van der Waals surface area contributed by atoms with E-state index in [1.54, 1.807) is 17.7 Å². The average Bonchev–Trinajstić information content (AvgIpc) is 3.15. The number of fused-ring (bicyclic) bond motifs is 3. The summed E-state index contributed by atoms with van der Waals surface area (Å²) >= 11 is 1.71. The molecule has 0 bridgehead atoms. The maximum absolute atomic E-state index is 11.5. The summed E-state index contributed by atoms with van der Waals surface area (Å²) in [5.41, 5.74) is 6.67. The van der Waals surface area contributed by atoms with E-state index in [0.29, 0.717) is 18.3 Å². The predicted octanol–water partition coefficient (Wildman–Crippen LogP) is 2.85. The molecule has 2 aromatic rings. The van der Waals surface area contributed by atoms with Crippen molar-refractivity contribution >= 4 is 27.5 Å². The van der Waals surface area contributed by atoms with Gasteiger partial charge in [0, 0.05) is 17.3 Å². The van der Waals surface area contributed by atoms with Crippen LogP contribution in [0, 0.1) is 0 Å². The maximum atomic E-state index is 11.5. The van der Waals surface area contributed by atoms with Crippen LogP contribution in [0.3, 0.4) is 0 Å². The van der Waals surface area contributed by atoms with Gasteiger partial charge in [-0.15, -0.1) is 11.3 Å². The normalized spacial score (nSPS) is 25.6. The van der Waals surface area contributed by atoms with Crippen LogP contribution in [-0.4, -0.2) is 47.0 Å². The lowest BCUT2D eigenvalue weighted by molar-refractivity contribution is -0.118. The Bertz CT molecular complexity index is 811. The zero-order valence-corrected chi connectivity index (χ0v) is 16.2. The van der Waals surface area contributed by atoms with Crippen molar-refractivity contribution in [3.63, 3.8) is 0 Å². The first kappa shape index (κ1) is 17.7. The average molecular weight is 375 g/mol. The highest BCUT2D eigenvalue weighted by atomic mass is 32.1. The number of nitrogens with zero attached hydrogens (tertiary/aromatic N) is 3. The van der Waals surface area contributed by atoms with Crippen LogP contribution in [0.4, 0.5) is 0 Å². The van der Waals surface area contributed by atoms with Crippen molar-refractivity contribution in [1.29, 1.82) is 0 Å². The Morgan fingerprint density at radius 2 is 2.04 bits per heavy atom. The van der Waals surface area contributed by atoms with E-state index in [2.05, 4.69) is 29.0 Å². The van der Waals surface area contributed by atoms with E-state index in [0.717, 1.165) is 48.7 Å². The Hall–Kier alpha value is -1.73. The molecule has 2 heterocycles. The standard InChI is InChI=1S/C19H26N4O2S/c1-23(2)12-4-6-13(7-5-12)25-18-17-16-11(9-15(20)24)3-8-14(16)26-19(17)22-10-21-18/h10-13H,3-9H2,1-2H3,(H2,20,24)/t11-,12-,13-/m1/s1. The topological polar surface area (TPSA) is 81.3 Å². The molecule has 7 heteroatoms. The van der Waals surface area contributed by atoms with Crippen molar-refractivity contribution < 1.29 is 9.53 Å². The zero-order valence-electron chi connectivity index (χ0n) is 15.4. The number of thiophene rings is 1. The van der Waals surface area contributed by atoms with Crippen molar-refractivity contribution in [2.45, 2.75) is 63.0 Å². The van der Waals surface area contributed by atoms with Crippen molar-refractivity contribution in [2.24, 2.45) is 5.73 Å². The lowest BCUT2D eigenvalue weighted by Crippen LogP contribution is -2.35. The fourth-order valence-electron chi connectivity index (χ4n) is 4.41. The summed E-state index contributed by atoms with van der Waals surface area (Å²) in [4.78, 5) is 25.0. The molecule has 0 saturated heterocycles. The maximum Gasteiger partial charge on any atom is 0.225 e. The number of nitrogens with two attached hydrogens (primary N) is 1. The van der Waals surface area contributed by atoms with Crippen LogP contribution in [-0.2, 0) is 11.2 Å². The second-order valence-corrected chi connectivity index (χ2v) is 8.80. The number of aromatic nitrogens is 2. The molecule has 0 aromatic carbocycles. The monoisotopic (exact) mass is 374 g/mol. The Kier molecular flexibility index (Phi) is 4.84. The summed E-state index contributed by atoms with van der Waals surface area (Å²) in [5, 5.41) is 1.02. The molecular formula is C19H26N4O2S. The molecular weight excluding hydrogens is 348 g/mol. The second kappa shape index (κ2) is 7.12. The van der Waals surface area contributed by atoms with Gasteiger partial charge >= 0.3 is 0 Å². The van der Waals surface area contributed by atoms with Crippen LogP contribution < -0.4 is 10.5 Å². The highest BCUT2D eigenvalue weighted by Crippen LogP contribution is 2.47. The Morgan fingerprint density at radius 1 is 1.27 bits per heavy atom. The molecule has 1 saturated carbocycles. The first-order valence-corrected chi connectivity index (χ1v) is 10.2. The number of hydrogen-bond acceptors (Lipinski definition) is 6. The molecule has 6 nitrogen and oxygen atoms in total. The van der Waals surface area contributed by atoms with E-state index in [9.17, 15) is 4.79 Å². The smallest absolute Gasteiger partial charge is 0.225 e. The van der Waals surface area contributed by atoms with Gasteiger partial charge < -0.3 is 15.4 Å². The number of hydrogen-bond donors (Lipinski definition) is 1. The van der Waals surface area contributed by atoms with E-state index in [1.165, 1.54) is 10.4 Å². The second-order valence-electron chi connectivity index (χ2n) is 7.72. The zero-order chi connectivity index (χ0) is 18.3. The lowest BCUT2D eigenvalue weighted by Gasteiger charge is -2.32. The Balaban J connectivity index is 1.59. The molecule has 1 amide bonds. The molecule has 2 aromatic heterocycles. The molecule has 2 N–H and O–H groups in total. The summed E-state index contributed by atoms with van der Waals surface area (Å²) < 4.78 is 6.35. The van der Waals surface area contributed by atoms with Gasteiger partial charge in [-0.2, -0.15) is 0 Å². The van der Waals surface area contributed by atoms with E-state index in [4.69, 9.17) is 10.5 Å². The number of amides is 1. The van der Waals surface area contributed by atoms with Gasteiger partial charge in [0.2, 0.25) is 11.8 Å². The van der Waals surface area contributed by atoms with Crippen LogP contribution in [0.2, 0.25) is 0 Å². The molecule has 2 aliphatic rings. The van der Waals surface area contributed by atoms with Crippen molar-refractivity contribution in [2.75, 3.05) is 14.1 Å². The van der Waals surface area contributed by atoms with Crippen LogP contribution in [0.25, 0.3) is 10.2 Å². The first-order valence-electron chi connectivity index (χ1n) is 9.40. The highest BCUT2D eigenvalue weighted by molar-refractivity contribution is 7.19. The molecule has 2 aliphatic carbocycles. The van der Waals surface area contributed by atoms with Crippen LogP contribution in [0.15, 0.2) is 6.33 Å². The van der Waals surface area contributed by atoms with Gasteiger partial charge in [0.1, 0.15) is 17.3 Å². The Morgan fingerprint density at radius 3 is 2.73 bits per heavy atom. The van der Waals surface area contributed by atoms with E-state index < -0.39 is 0 Å². The number of carbonyl (C=O) groups excluding carboxylic acids is 1. The minimum absolute atomic E-state index is 0.175. The molecule has 1 atom stereocenters. The van der Waals surface area contributed by atoms with Gasteiger partial charge in [-0.3, -0.25) is 4.79 Å². The molecule has 140 valence electrons. The fourth-order valence-corrected chi connectivity index (χ4v) is 5.65. The van der Waals surface area contributed by atoms with Crippen LogP contribution in [0.5, 0.6) is 5.88 Å². The van der Waals surface area contributed by atoms with Crippen molar-refractivity contribution in [1.82, 2.24) is 14.9 Å². The number of carbonyl (C=O) groups is 1. The van der Waals surface area contributed by atoms with E-state index >= 15 is 0 Å². The molecule has 0 aliphatic heterocycles. The number of aryl methyl sites for hydroxylation is 1. The summed E-state index contributed by atoms with van der Waals surface area (Å²) in [6.45, 7) is 0. The van der Waals surface area contributed by atoms with E-state index in [1.807, 2.05) is 0 Å². The fraction of sp³-hybridized carbons (Fsp3) is 0.632. The van der Waals surface area contributed by atoms with Crippen LogP contribution >= 0.6 is 11.3 Å². The number of primary amides is 1. The number of rotatable bonds is 5. The minimum atomic E-state index is -0.247. The molecule has 0 spiro atoms. The first-order chi connectivity index (χ1) is 12.5. The largest absolute Gasteiger partial charge is 0.474 e. The molecule has 0 radical (unpaired) electrons. The van der Waals surface area contributed by atoms with Gasteiger partial charge in [-0.05, 0) is 64.1 Å². The van der Waals surface area contributed by atoms with Gasteiger partial charge in [0.25, 0.3) is 0 Å². The third-order valence-electron chi connectivity index (χ3n) is 5.80.